The zero-order valence-electron chi connectivity index (χ0n) is 11.2. The van der Waals surface area contributed by atoms with Gasteiger partial charge in [-0.2, -0.15) is 0 Å². The second-order valence-electron chi connectivity index (χ2n) is 4.59. The number of methoxy groups -OCH3 is 1. The Morgan fingerprint density at radius 1 is 1.20 bits per heavy atom. The van der Waals surface area contributed by atoms with Gasteiger partial charge in [0, 0.05) is 5.02 Å². The van der Waals surface area contributed by atoms with Crippen LogP contribution in [0.1, 0.15) is 5.56 Å². The molecule has 1 aromatic heterocycles. The van der Waals surface area contributed by atoms with Gasteiger partial charge in [-0.3, -0.25) is 4.57 Å². The van der Waals surface area contributed by atoms with E-state index < -0.39 is 0 Å². The molecular weight excluding hydrogens is 274 g/mol. The molecule has 0 saturated heterocycles. The molecule has 0 radical (unpaired) electrons. The number of ether oxygens (including phenoxy) is 1. The minimum Gasteiger partial charge on any atom is -0.497 e. The van der Waals surface area contributed by atoms with E-state index in [1.54, 1.807) is 7.11 Å². The summed E-state index contributed by atoms with van der Waals surface area (Å²) in [6.45, 7) is 2.01. The first-order valence-electron chi connectivity index (χ1n) is 6.18. The van der Waals surface area contributed by atoms with Gasteiger partial charge in [0.05, 0.1) is 23.8 Å². The number of imidazole rings is 1. The Bertz CT molecular complexity index is 795. The van der Waals surface area contributed by atoms with Crippen molar-refractivity contribution in [2.75, 3.05) is 12.8 Å². The molecule has 4 nitrogen and oxygen atoms in total. The monoisotopic (exact) mass is 287 g/mol. The quantitative estimate of drug-likeness (QED) is 0.784. The summed E-state index contributed by atoms with van der Waals surface area (Å²) in [6, 6.07) is 11.4. The van der Waals surface area contributed by atoms with Crippen molar-refractivity contribution in [1.29, 1.82) is 0 Å². The third-order valence-electron chi connectivity index (χ3n) is 3.29. The molecule has 2 N–H and O–H groups in total. The van der Waals surface area contributed by atoms with Crippen molar-refractivity contribution in [1.82, 2.24) is 9.55 Å². The van der Waals surface area contributed by atoms with Crippen LogP contribution in [0.15, 0.2) is 36.4 Å². The van der Waals surface area contributed by atoms with E-state index in [0.29, 0.717) is 11.0 Å². The van der Waals surface area contributed by atoms with Gasteiger partial charge in [-0.15, -0.1) is 0 Å². The van der Waals surface area contributed by atoms with Gasteiger partial charge in [0.25, 0.3) is 0 Å². The number of aromatic nitrogens is 2. The van der Waals surface area contributed by atoms with Gasteiger partial charge in [0.15, 0.2) is 0 Å². The first-order chi connectivity index (χ1) is 9.60. The van der Waals surface area contributed by atoms with Crippen LogP contribution in [0.2, 0.25) is 5.02 Å². The number of anilines is 1. The Kier molecular flexibility index (Phi) is 3.03. The maximum absolute atomic E-state index is 6.05. The minimum atomic E-state index is 0.440. The van der Waals surface area contributed by atoms with Crippen LogP contribution in [0, 0.1) is 6.92 Å². The number of aryl methyl sites for hydroxylation is 1. The molecule has 0 unspecified atom stereocenters. The van der Waals surface area contributed by atoms with Gasteiger partial charge >= 0.3 is 0 Å². The van der Waals surface area contributed by atoms with Gasteiger partial charge in [0.2, 0.25) is 5.95 Å². The lowest BCUT2D eigenvalue weighted by Gasteiger charge is -2.11. The van der Waals surface area contributed by atoms with Crippen LogP contribution in [-0.4, -0.2) is 16.7 Å². The Labute approximate surface area is 121 Å². The van der Waals surface area contributed by atoms with Crippen molar-refractivity contribution < 1.29 is 4.74 Å². The van der Waals surface area contributed by atoms with Crippen molar-refractivity contribution in [2.45, 2.75) is 6.92 Å². The molecule has 0 aliphatic heterocycles. The topological polar surface area (TPSA) is 53.1 Å². The summed E-state index contributed by atoms with van der Waals surface area (Å²) in [7, 11) is 1.65. The van der Waals surface area contributed by atoms with Crippen LogP contribution in [-0.2, 0) is 0 Å². The van der Waals surface area contributed by atoms with Crippen LogP contribution in [0.5, 0.6) is 5.75 Å². The fraction of sp³-hybridized carbons (Fsp3) is 0.133. The van der Waals surface area contributed by atoms with E-state index in [2.05, 4.69) is 4.98 Å². The molecule has 0 spiro atoms. The van der Waals surface area contributed by atoms with E-state index >= 15 is 0 Å². The van der Waals surface area contributed by atoms with Crippen molar-refractivity contribution in [2.24, 2.45) is 0 Å². The Balaban J connectivity index is 2.26. The van der Waals surface area contributed by atoms with Gasteiger partial charge in [-0.1, -0.05) is 11.6 Å². The smallest absolute Gasteiger partial charge is 0.205 e. The maximum Gasteiger partial charge on any atom is 0.205 e. The lowest BCUT2D eigenvalue weighted by atomic mass is 10.2. The van der Waals surface area contributed by atoms with Crippen molar-refractivity contribution in [3.05, 3.63) is 47.0 Å². The van der Waals surface area contributed by atoms with Gasteiger partial charge in [0.1, 0.15) is 5.75 Å². The van der Waals surface area contributed by atoms with Crippen LogP contribution < -0.4 is 10.5 Å². The van der Waals surface area contributed by atoms with Crippen molar-refractivity contribution in [3.63, 3.8) is 0 Å². The number of benzene rings is 2. The third-order valence-corrected chi connectivity index (χ3v) is 3.52. The zero-order valence-corrected chi connectivity index (χ0v) is 12.0. The summed E-state index contributed by atoms with van der Waals surface area (Å²) in [5.41, 5.74) is 9.81. The highest BCUT2D eigenvalue weighted by Crippen LogP contribution is 2.28. The van der Waals surface area contributed by atoms with E-state index in [0.717, 1.165) is 28.0 Å². The largest absolute Gasteiger partial charge is 0.497 e. The van der Waals surface area contributed by atoms with E-state index in [9.17, 15) is 0 Å². The first-order valence-corrected chi connectivity index (χ1v) is 6.56. The second-order valence-corrected chi connectivity index (χ2v) is 5.03. The molecule has 0 aliphatic carbocycles. The van der Waals surface area contributed by atoms with Crippen LogP contribution in [0.3, 0.4) is 0 Å². The molecule has 0 saturated carbocycles. The van der Waals surface area contributed by atoms with Crippen LogP contribution in [0.4, 0.5) is 5.95 Å². The van der Waals surface area contributed by atoms with E-state index in [1.807, 2.05) is 47.9 Å². The summed E-state index contributed by atoms with van der Waals surface area (Å²) >= 11 is 5.99. The fourth-order valence-corrected chi connectivity index (χ4v) is 2.50. The molecule has 102 valence electrons. The van der Waals surface area contributed by atoms with Crippen LogP contribution >= 0.6 is 11.6 Å². The van der Waals surface area contributed by atoms with E-state index in [1.165, 1.54) is 0 Å². The fourth-order valence-electron chi connectivity index (χ4n) is 2.33. The highest BCUT2D eigenvalue weighted by molar-refractivity contribution is 6.31. The number of rotatable bonds is 2. The molecule has 0 bridgehead atoms. The summed E-state index contributed by atoms with van der Waals surface area (Å²) in [4.78, 5) is 4.36. The van der Waals surface area contributed by atoms with Crippen molar-refractivity contribution in [3.8, 4) is 11.4 Å². The number of hydrogen-bond donors (Lipinski definition) is 1. The molecule has 20 heavy (non-hydrogen) atoms. The number of nitrogens with zero attached hydrogens (tertiary/aromatic N) is 2. The van der Waals surface area contributed by atoms with Gasteiger partial charge in [-0.25, -0.2) is 4.98 Å². The Hall–Kier alpha value is -2.20. The molecule has 0 aliphatic rings. The molecule has 0 atom stereocenters. The molecule has 0 amide bonds. The summed E-state index contributed by atoms with van der Waals surface area (Å²) < 4.78 is 7.14. The summed E-state index contributed by atoms with van der Waals surface area (Å²) in [6.07, 6.45) is 0. The number of nitrogens with two attached hydrogens (primary N) is 1. The predicted octanol–water partition coefficient (Wildman–Crippen LogP) is 3.58. The lowest BCUT2D eigenvalue weighted by Crippen LogP contribution is -2.02. The lowest BCUT2D eigenvalue weighted by molar-refractivity contribution is 0.414. The SMILES string of the molecule is COc1ccc(-n2c(N)nc3cc(Cl)ccc32)c(C)c1. The summed E-state index contributed by atoms with van der Waals surface area (Å²) in [5, 5.41) is 0.647. The Morgan fingerprint density at radius 3 is 2.70 bits per heavy atom. The maximum atomic E-state index is 6.05. The van der Waals surface area contributed by atoms with E-state index in [4.69, 9.17) is 22.1 Å². The molecular formula is C15H14ClN3O. The number of nitrogen functional groups attached to an aromatic ring is 1. The molecule has 1 heterocycles. The average Bonchev–Trinajstić information content (AvgIpc) is 2.73. The minimum absolute atomic E-state index is 0.440. The second kappa shape index (κ2) is 4.72. The Morgan fingerprint density at radius 2 is 2.00 bits per heavy atom. The molecule has 2 aromatic carbocycles. The highest BCUT2D eigenvalue weighted by Gasteiger charge is 2.12. The highest BCUT2D eigenvalue weighted by atomic mass is 35.5. The zero-order chi connectivity index (χ0) is 14.3. The predicted molar refractivity (Wildman–Crippen MR) is 81.8 cm³/mol. The normalized spacial score (nSPS) is 10.9. The number of halogens is 1. The first kappa shape index (κ1) is 12.8. The van der Waals surface area contributed by atoms with Gasteiger partial charge in [-0.05, 0) is 48.9 Å². The molecule has 3 rings (SSSR count). The standard InChI is InChI=1S/C15H14ClN3O/c1-9-7-11(20-2)4-6-13(9)19-14-5-3-10(16)8-12(14)18-15(19)17/h3-8H,1-2H3,(H2,17,18). The van der Waals surface area contributed by atoms with Crippen LogP contribution in [0.25, 0.3) is 16.7 Å². The molecule has 5 heteroatoms. The molecule has 3 aromatic rings. The third kappa shape index (κ3) is 1.98. The van der Waals surface area contributed by atoms with Gasteiger partial charge < -0.3 is 10.5 Å². The number of fused-ring (bicyclic) bond motifs is 1. The molecule has 0 fully saturated rings. The van der Waals surface area contributed by atoms with Crippen molar-refractivity contribution >= 4 is 28.6 Å². The average molecular weight is 288 g/mol. The number of hydrogen-bond acceptors (Lipinski definition) is 3. The summed E-state index contributed by atoms with van der Waals surface area (Å²) in [5.74, 6) is 1.26. The van der Waals surface area contributed by atoms with E-state index in [-0.39, 0.29) is 0 Å².